The Morgan fingerprint density at radius 3 is 2.70 bits per heavy atom. The van der Waals surface area contributed by atoms with Gasteiger partial charge >= 0.3 is 0 Å². The lowest BCUT2D eigenvalue weighted by atomic mass is 10.2. The van der Waals surface area contributed by atoms with Gasteiger partial charge in [-0.25, -0.2) is 4.98 Å². The van der Waals surface area contributed by atoms with E-state index in [2.05, 4.69) is 20.8 Å². The number of carbonyl (C=O) groups excluding carboxylic acids is 1. The first-order valence-corrected chi connectivity index (χ1v) is 8.01. The van der Waals surface area contributed by atoms with E-state index in [9.17, 15) is 9.59 Å². The van der Waals surface area contributed by atoms with Crippen LogP contribution in [0.3, 0.4) is 0 Å². The first-order chi connectivity index (χ1) is 11.1. The average molecular weight is 330 g/mol. The second kappa shape index (κ2) is 8.19. The number of H-pyrrole nitrogens is 1. The Labute approximate surface area is 138 Å². The lowest BCUT2D eigenvalue weighted by Gasteiger charge is -2.12. The van der Waals surface area contributed by atoms with E-state index in [1.54, 1.807) is 19.3 Å². The number of aromatic amines is 1. The molecule has 2 aromatic rings. The molecule has 0 spiro atoms. The number of rotatable bonds is 6. The maximum absolute atomic E-state index is 11.5. The summed E-state index contributed by atoms with van der Waals surface area (Å²) in [6, 6.07) is 11.0. The number of amides is 1. The van der Waals surface area contributed by atoms with Gasteiger partial charge in [0.1, 0.15) is 0 Å². The summed E-state index contributed by atoms with van der Waals surface area (Å²) in [7, 11) is 0. The summed E-state index contributed by atoms with van der Waals surface area (Å²) in [5.74, 6) is -0.112. The number of carbonyl (C=O) groups is 1. The Kier molecular flexibility index (Phi) is 5.99. The molecule has 0 unspecified atom stereocenters. The van der Waals surface area contributed by atoms with Crippen LogP contribution < -0.4 is 16.4 Å². The number of benzene rings is 1. The number of aryl methyl sites for hydroxylation is 1. The predicted molar refractivity (Wildman–Crippen MR) is 91.4 cm³/mol. The van der Waals surface area contributed by atoms with Crippen LogP contribution in [0, 0.1) is 6.92 Å². The molecule has 0 saturated heterocycles. The van der Waals surface area contributed by atoms with Crippen LogP contribution in [0.1, 0.15) is 24.6 Å². The fraction of sp³-hybridized carbons (Fsp3) is 0.188. The Hall–Kier alpha value is -2.54. The van der Waals surface area contributed by atoms with E-state index in [4.69, 9.17) is 0 Å². The van der Waals surface area contributed by atoms with Crippen molar-refractivity contribution in [2.75, 3.05) is 0 Å². The number of hydrogen-bond donors (Lipinski definition) is 3. The highest BCUT2D eigenvalue weighted by atomic mass is 32.2. The van der Waals surface area contributed by atoms with E-state index in [1.165, 1.54) is 17.8 Å². The summed E-state index contributed by atoms with van der Waals surface area (Å²) in [5.41, 5.74) is 7.61. The normalized spacial score (nSPS) is 11.1. The third-order valence-electron chi connectivity index (χ3n) is 2.88. The minimum Gasteiger partial charge on any atom is -0.301 e. The molecule has 6 nitrogen and oxygen atoms in total. The number of aromatic nitrogens is 2. The SMILES string of the molecule is CCC(=O)NNC(=CSc1nc(C)cc(=O)[nH]1)c1ccccc1. The average Bonchev–Trinajstić information content (AvgIpc) is 2.54. The van der Waals surface area contributed by atoms with Gasteiger partial charge in [0, 0.05) is 23.6 Å². The minimum atomic E-state index is -0.193. The molecule has 23 heavy (non-hydrogen) atoms. The quantitative estimate of drug-likeness (QED) is 0.429. The lowest BCUT2D eigenvalue weighted by molar-refractivity contribution is -0.121. The molecule has 3 N–H and O–H groups in total. The van der Waals surface area contributed by atoms with E-state index < -0.39 is 0 Å². The summed E-state index contributed by atoms with van der Waals surface area (Å²) in [6.07, 6.45) is 0.384. The van der Waals surface area contributed by atoms with Crippen molar-refractivity contribution in [1.82, 2.24) is 20.8 Å². The summed E-state index contributed by atoms with van der Waals surface area (Å²) >= 11 is 1.27. The predicted octanol–water partition coefficient (Wildman–Crippen LogP) is 2.20. The first-order valence-electron chi connectivity index (χ1n) is 7.13. The van der Waals surface area contributed by atoms with Gasteiger partial charge in [-0.3, -0.25) is 20.4 Å². The van der Waals surface area contributed by atoms with Gasteiger partial charge in [0.05, 0.1) is 5.70 Å². The molecular weight excluding hydrogens is 312 g/mol. The highest BCUT2D eigenvalue weighted by Crippen LogP contribution is 2.19. The monoisotopic (exact) mass is 330 g/mol. The lowest BCUT2D eigenvalue weighted by Crippen LogP contribution is -2.35. The summed E-state index contributed by atoms with van der Waals surface area (Å²) in [4.78, 5) is 29.8. The Morgan fingerprint density at radius 1 is 1.30 bits per heavy atom. The third kappa shape index (κ3) is 5.30. The van der Waals surface area contributed by atoms with E-state index >= 15 is 0 Å². The molecule has 0 saturated carbocycles. The van der Waals surface area contributed by atoms with E-state index in [-0.39, 0.29) is 11.5 Å². The van der Waals surface area contributed by atoms with Crippen molar-refractivity contribution in [1.29, 1.82) is 0 Å². The zero-order valence-electron chi connectivity index (χ0n) is 12.9. The number of hydrogen-bond acceptors (Lipinski definition) is 5. The van der Waals surface area contributed by atoms with E-state index in [0.717, 1.165) is 5.56 Å². The molecule has 120 valence electrons. The van der Waals surface area contributed by atoms with Gasteiger partial charge in [-0.05, 0) is 12.5 Å². The van der Waals surface area contributed by atoms with Crippen LogP contribution in [0.5, 0.6) is 0 Å². The van der Waals surface area contributed by atoms with Crippen molar-refractivity contribution in [2.24, 2.45) is 0 Å². The summed E-state index contributed by atoms with van der Waals surface area (Å²) < 4.78 is 0. The van der Waals surface area contributed by atoms with E-state index in [0.29, 0.717) is 23.0 Å². The highest BCUT2D eigenvalue weighted by Gasteiger charge is 2.04. The third-order valence-corrected chi connectivity index (χ3v) is 3.65. The number of nitrogens with one attached hydrogen (secondary N) is 3. The number of hydrazine groups is 1. The maximum Gasteiger partial charge on any atom is 0.251 e. The molecule has 0 aliphatic rings. The molecule has 0 fully saturated rings. The second-order valence-electron chi connectivity index (χ2n) is 4.73. The van der Waals surface area contributed by atoms with Crippen LogP contribution in [-0.4, -0.2) is 15.9 Å². The highest BCUT2D eigenvalue weighted by molar-refractivity contribution is 8.02. The van der Waals surface area contributed by atoms with Crippen LogP contribution in [0.15, 0.2) is 51.8 Å². The Balaban J connectivity index is 2.21. The van der Waals surface area contributed by atoms with Gasteiger partial charge in [0.25, 0.3) is 5.56 Å². The van der Waals surface area contributed by atoms with Crippen molar-refractivity contribution in [3.63, 3.8) is 0 Å². The molecule has 1 aromatic carbocycles. The van der Waals surface area contributed by atoms with Crippen LogP contribution in [-0.2, 0) is 4.79 Å². The molecule has 1 amide bonds. The number of thioether (sulfide) groups is 1. The first kappa shape index (κ1) is 16.8. The summed E-state index contributed by atoms with van der Waals surface area (Å²) in [6.45, 7) is 3.54. The molecule has 1 heterocycles. The van der Waals surface area contributed by atoms with Crippen molar-refractivity contribution in [3.8, 4) is 0 Å². The van der Waals surface area contributed by atoms with E-state index in [1.807, 2.05) is 30.3 Å². The fourth-order valence-corrected chi connectivity index (χ4v) is 2.52. The van der Waals surface area contributed by atoms with Crippen LogP contribution in [0.2, 0.25) is 0 Å². The number of nitrogens with zero attached hydrogens (tertiary/aromatic N) is 1. The summed E-state index contributed by atoms with van der Waals surface area (Å²) in [5, 5.41) is 2.29. The van der Waals surface area contributed by atoms with Gasteiger partial charge in [0.2, 0.25) is 5.91 Å². The molecule has 0 aliphatic carbocycles. The van der Waals surface area contributed by atoms with Crippen LogP contribution >= 0.6 is 11.8 Å². The smallest absolute Gasteiger partial charge is 0.251 e. The maximum atomic E-state index is 11.5. The molecule has 0 bridgehead atoms. The van der Waals surface area contributed by atoms with Crippen molar-refractivity contribution in [2.45, 2.75) is 25.4 Å². The molecule has 2 rings (SSSR count). The molecule has 0 radical (unpaired) electrons. The van der Waals surface area contributed by atoms with Crippen molar-refractivity contribution >= 4 is 23.4 Å². The largest absolute Gasteiger partial charge is 0.301 e. The fourth-order valence-electron chi connectivity index (χ4n) is 1.73. The molecule has 1 aromatic heterocycles. The van der Waals surface area contributed by atoms with Crippen LogP contribution in [0.4, 0.5) is 0 Å². The zero-order chi connectivity index (χ0) is 16.7. The van der Waals surface area contributed by atoms with Gasteiger partial charge in [-0.15, -0.1) is 0 Å². The van der Waals surface area contributed by atoms with Gasteiger partial charge in [-0.1, -0.05) is 49.0 Å². The van der Waals surface area contributed by atoms with Crippen molar-refractivity contribution in [3.05, 3.63) is 63.4 Å². The Bertz CT molecular complexity index is 756. The van der Waals surface area contributed by atoms with Gasteiger partial charge in [0.15, 0.2) is 5.16 Å². The topological polar surface area (TPSA) is 86.9 Å². The Morgan fingerprint density at radius 2 is 2.04 bits per heavy atom. The molecule has 7 heteroatoms. The van der Waals surface area contributed by atoms with Crippen LogP contribution in [0.25, 0.3) is 5.70 Å². The van der Waals surface area contributed by atoms with Gasteiger partial charge in [-0.2, -0.15) is 0 Å². The molecular formula is C16H18N4O2S. The standard InChI is InChI=1S/C16H18N4O2S/c1-3-14(21)20-19-13(12-7-5-4-6-8-12)10-23-16-17-11(2)9-15(22)18-16/h4-10,19H,3H2,1-2H3,(H,20,21)(H,17,18,22). The van der Waals surface area contributed by atoms with Crippen molar-refractivity contribution < 1.29 is 4.79 Å². The second-order valence-corrected chi connectivity index (χ2v) is 5.59. The van der Waals surface area contributed by atoms with Gasteiger partial charge < -0.3 is 4.98 Å². The molecule has 0 atom stereocenters. The zero-order valence-corrected chi connectivity index (χ0v) is 13.7. The minimum absolute atomic E-state index is 0.112. The molecule has 0 aliphatic heterocycles.